The number of benzene rings is 2. The minimum absolute atomic E-state index is 0.0911. The quantitative estimate of drug-likeness (QED) is 0.252. The Hall–Kier alpha value is -3.92. The van der Waals surface area contributed by atoms with Crippen LogP contribution in [0.2, 0.25) is 0 Å². The Morgan fingerprint density at radius 1 is 0.868 bits per heavy atom. The number of carbonyl (C=O) groups excluding carboxylic acids is 2. The van der Waals surface area contributed by atoms with E-state index in [1.807, 2.05) is 13.8 Å². The zero-order chi connectivity index (χ0) is 28.0. The first-order valence-electron chi connectivity index (χ1n) is 12.3. The molecule has 0 radical (unpaired) electrons. The lowest BCUT2D eigenvalue weighted by Crippen LogP contribution is -2.38. The SMILES string of the molecule is CCN(CC)CCN1C(=O)C(=O)/C(=C(/O)c2c(OC)cccc2OC)C1c1cc(OC)c(OC)c(OC)c1. The van der Waals surface area contributed by atoms with E-state index in [0.717, 1.165) is 13.1 Å². The van der Waals surface area contributed by atoms with Crippen molar-refractivity contribution in [3.8, 4) is 28.7 Å². The first-order valence-corrected chi connectivity index (χ1v) is 12.3. The van der Waals surface area contributed by atoms with E-state index in [1.165, 1.54) is 40.4 Å². The zero-order valence-electron chi connectivity index (χ0n) is 23.0. The Bertz CT molecular complexity index is 1160. The summed E-state index contributed by atoms with van der Waals surface area (Å²) in [5.41, 5.74) is 0.594. The smallest absolute Gasteiger partial charge is 0.295 e. The van der Waals surface area contributed by atoms with E-state index < -0.39 is 23.5 Å². The van der Waals surface area contributed by atoms with Crippen LogP contribution in [0.15, 0.2) is 35.9 Å². The summed E-state index contributed by atoms with van der Waals surface area (Å²) in [5.74, 6) is -0.274. The Morgan fingerprint density at radius 3 is 1.84 bits per heavy atom. The number of amides is 1. The van der Waals surface area contributed by atoms with Gasteiger partial charge < -0.3 is 38.6 Å². The molecule has 0 aliphatic carbocycles. The molecule has 1 aliphatic rings. The van der Waals surface area contributed by atoms with Crippen LogP contribution in [-0.2, 0) is 9.59 Å². The lowest BCUT2D eigenvalue weighted by Gasteiger charge is -2.29. The van der Waals surface area contributed by atoms with Gasteiger partial charge in [-0.05, 0) is 42.9 Å². The van der Waals surface area contributed by atoms with Gasteiger partial charge in [-0.3, -0.25) is 9.59 Å². The van der Waals surface area contributed by atoms with E-state index in [4.69, 9.17) is 23.7 Å². The molecule has 3 rings (SSSR count). The highest BCUT2D eigenvalue weighted by Crippen LogP contribution is 2.47. The fourth-order valence-corrected chi connectivity index (χ4v) is 4.72. The minimum atomic E-state index is -0.936. The second kappa shape index (κ2) is 12.6. The van der Waals surface area contributed by atoms with Crippen molar-refractivity contribution in [2.24, 2.45) is 0 Å². The molecule has 1 fully saturated rings. The Kier molecular flexibility index (Phi) is 9.46. The van der Waals surface area contributed by atoms with Crippen LogP contribution >= 0.6 is 0 Å². The molecular weight excluding hydrogens is 492 g/mol. The highest BCUT2D eigenvalue weighted by molar-refractivity contribution is 6.46. The highest BCUT2D eigenvalue weighted by atomic mass is 16.5. The fourth-order valence-electron chi connectivity index (χ4n) is 4.72. The average molecular weight is 529 g/mol. The molecule has 0 saturated carbocycles. The molecule has 0 bridgehead atoms. The van der Waals surface area contributed by atoms with Crippen molar-refractivity contribution in [2.45, 2.75) is 19.9 Å². The maximum atomic E-state index is 13.5. The van der Waals surface area contributed by atoms with Gasteiger partial charge in [-0.15, -0.1) is 0 Å². The predicted molar refractivity (Wildman–Crippen MR) is 142 cm³/mol. The largest absolute Gasteiger partial charge is 0.506 e. The van der Waals surface area contributed by atoms with Crippen molar-refractivity contribution in [2.75, 3.05) is 61.7 Å². The topological polar surface area (TPSA) is 107 Å². The van der Waals surface area contributed by atoms with Crippen molar-refractivity contribution < 1.29 is 38.4 Å². The number of likely N-dealkylation sites (tertiary alicyclic amines) is 1. The van der Waals surface area contributed by atoms with Gasteiger partial charge in [-0.2, -0.15) is 0 Å². The molecule has 0 spiro atoms. The van der Waals surface area contributed by atoms with Gasteiger partial charge in [0.05, 0.1) is 47.2 Å². The Morgan fingerprint density at radius 2 is 1.39 bits per heavy atom. The van der Waals surface area contributed by atoms with Crippen LogP contribution in [0.1, 0.15) is 31.0 Å². The molecule has 2 aromatic rings. The average Bonchev–Trinajstić information content (AvgIpc) is 3.20. The Balaban J connectivity index is 2.32. The standard InChI is InChI=1S/C28H36N2O8/c1-8-29(9-2)13-14-30-24(17-15-20(36-5)27(38-7)21(16-17)37-6)23(26(32)28(30)33)25(31)22-18(34-3)11-10-12-19(22)35-4/h10-12,15-16,24,31H,8-9,13-14H2,1-7H3/b25-23+. The number of carbonyl (C=O) groups is 2. The number of ketones is 1. The third-order valence-corrected chi connectivity index (χ3v) is 6.76. The first kappa shape index (κ1) is 28.6. The summed E-state index contributed by atoms with van der Waals surface area (Å²) in [7, 11) is 7.36. The van der Waals surface area contributed by atoms with Gasteiger partial charge in [0.1, 0.15) is 22.8 Å². The molecule has 1 aliphatic heterocycles. The number of aliphatic hydroxyl groups is 1. The van der Waals surface area contributed by atoms with E-state index >= 15 is 0 Å². The zero-order valence-corrected chi connectivity index (χ0v) is 23.0. The number of nitrogens with zero attached hydrogens (tertiary/aromatic N) is 2. The summed E-state index contributed by atoms with van der Waals surface area (Å²) in [5, 5.41) is 11.6. The van der Waals surface area contributed by atoms with E-state index in [-0.39, 0.29) is 17.7 Å². The van der Waals surface area contributed by atoms with Crippen molar-refractivity contribution in [1.82, 2.24) is 9.80 Å². The molecule has 0 aromatic heterocycles. The van der Waals surface area contributed by atoms with Gasteiger partial charge in [0, 0.05) is 13.1 Å². The molecule has 1 unspecified atom stereocenters. The molecule has 1 N–H and O–H groups in total. The van der Waals surface area contributed by atoms with E-state index in [9.17, 15) is 14.7 Å². The summed E-state index contributed by atoms with van der Waals surface area (Å²) in [4.78, 5) is 30.6. The van der Waals surface area contributed by atoms with Gasteiger partial charge in [-0.25, -0.2) is 0 Å². The maximum absolute atomic E-state index is 13.5. The highest BCUT2D eigenvalue weighted by Gasteiger charge is 2.47. The van der Waals surface area contributed by atoms with Crippen molar-refractivity contribution in [1.29, 1.82) is 0 Å². The van der Waals surface area contributed by atoms with Crippen LogP contribution in [0, 0.1) is 0 Å². The number of rotatable bonds is 12. The van der Waals surface area contributed by atoms with Crippen LogP contribution in [0.5, 0.6) is 28.7 Å². The van der Waals surface area contributed by atoms with Crippen LogP contribution < -0.4 is 23.7 Å². The molecule has 10 heteroatoms. The molecule has 2 aromatic carbocycles. The third-order valence-electron chi connectivity index (χ3n) is 6.76. The molecule has 206 valence electrons. The van der Waals surface area contributed by atoms with E-state index in [0.29, 0.717) is 40.9 Å². The second-order valence-corrected chi connectivity index (χ2v) is 8.52. The summed E-state index contributed by atoms with van der Waals surface area (Å²) >= 11 is 0. The predicted octanol–water partition coefficient (Wildman–Crippen LogP) is 3.49. The number of aliphatic hydroxyl groups excluding tert-OH is 1. The normalized spacial score (nSPS) is 16.6. The molecule has 38 heavy (non-hydrogen) atoms. The van der Waals surface area contributed by atoms with E-state index in [1.54, 1.807) is 30.3 Å². The van der Waals surface area contributed by atoms with Gasteiger partial charge in [0.2, 0.25) is 5.75 Å². The monoisotopic (exact) mass is 528 g/mol. The van der Waals surface area contributed by atoms with Crippen molar-refractivity contribution in [3.05, 3.63) is 47.0 Å². The lowest BCUT2D eigenvalue weighted by molar-refractivity contribution is -0.140. The molecule has 1 heterocycles. The van der Waals surface area contributed by atoms with Crippen LogP contribution in [-0.4, -0.2) is 88.3 Å². The summed E-state index contributed by atoms with van der Waals surface area (Å²) in [6.07, 6.45) is 0. The molecular formula is C28H36N2O8. The second-order valence-electron chi connectivity index (χ2n) is 8.52. The summed E-state index contributed by atoms with van der Waals surface area (Å²) in [6.45, 7) is 6.43. The first-order chi connectivity index (χ1) is 18.3. The van der Waals surface area contributed by atoms with Gasteiger partial charge >= 0.3 is 0 Å². The summed E-state index contributed by atoms with van der Waals surface area (Å²) in [6, 6.07) is 7.40. The minimum Gasteiger partial charge on any atom is -0.506 e. The van der Waals surface area contributed by atoms with Crippen molar-refractivity contribution in [3.63, 3.8) is 0 Å². The van der Waals surface area contributed by atoms with Gasteiger partial charge in [0.15, 0.2) is 11.5 Å². The number of ether oxygens (including phenoxy) is 5. The van der Waals surface area contributed by atoms with Gasteiger partial charge in [0.25, 0.3) is 11.7 Å². The number of methoxy groups -OCH3 is 5. The van der Waals surface area contributed by atoms with Gasteiger partial charge in [-0.1, -0.05) is 19.9 Å². The third kappa shape index (κ3) is 5.22. The van der Waals surface area contributed by atoms with Crippen LogP contribution in [0.25, 0.3) is 5.76 Å². The lowest BCUT2D eigenvalue weighted by atomic mass is 9.94. The molecule has 1 saturated heterocycles. The number of Topliss-reactive ketones (excluding diaryl/α,β-unsaturated/α-hetero) is 1. The number of hydrogen-bond donors (Lipinski definition) is 1. The number of hydrogen-bond acceptors (Lipinski definition) is 9. The van der Waals surface area contributed by atoms with E-state index in [2.05, 4.69) is 4.90 Å². The molecule has 1 amide bonds. The van der Waals surface area contributed by atoms with Crippen LogP contribution in [0.3, 0.4) is 0 Å². The van der Waals surface area contributed by atoms with Crippen LogP contribution in [0.4, 0.5) is 0 Å². The Labute approximate surface area is 223 Å². The molecule has 1 atom stereocenters. The van der Waals surface area contributed by atoms with Crippen molar-refractivity contribution >= 4 is 17.4 Å². The maximum Gasteiger partial charge on any atom is 0.295 e. The molecule has 10 nitrogen and oxygen atoms in total. The summed E-state index contributed by atoms with van der Waals surface area (Å²) < 4.78 is 27.5. The fraction of sp³-hybridized carbons (Fsp3) is 0.429. The number of likely N-dealkylation sites (N-methyl/N-ethyl adjacent to an activating group) is 1.